The molecule has 0 N–H and O–H groups in total. The average Bonchev–Trinajstić information content (AvgIpc) is 2.84. The summed E-state index contributed by atoms with van der Waals surface area (Å²) in [4.78, 5) is 25.8. The second kappa shape index (κ2) is 5.15. The topological polar surface area (TPSA) is 55.2 Å². The van der Waals surface area contributed by atoms with E-state index in [1.165, 1.54) is 0 Å². The minimum atomic E-state index is 0.0202. The van der Waals surface area contributed by atoms with Crippen molar-refractivity contribution in [3.05, 3.63) is 17.0 Å². The minimum Gasteiger partial charge on any atom is -0.335 e. The number of carbonyl (C=O) groups excluding carboxylic acids is 2. The molecule has 1 amide bonds. The Kier molecular flexibility index (Phi) is 3.73. The average molecular weight is 263 g/mol. The number of Topliss-reactive ketones (excluding diaryl/α,β-unsaturated/α-hetero) is 1. The van der Waals surface area contributed by atoms with Crippen LogP contribution in [0.15, 0.2) is 0 Å². The zero-order valence-electron chi connectivity index (χ0n) is 12.1. The molecule has 1 aliphatic heterocycles. The van der Waals surface area contributed by atoms with Crippen LogP contribution < -0.4 is 0 Å². The Balaban J connectivity index is 2.25. The van der Waals surface area contributed by atoms with E-state index in [2.05, 4.69) is 5.10 Å². The Morgan fingerprint density at radius 3 is 2.58 bits per heavy atom. The molecule has 0 radical (unpaired) electrons. The van der Waals surface area contributed by atoms with E-state index in [9.17, 15) is 9.59 Å². The van der Waals surface area contributed by atoms with Gasteiger partial charge < -0.3 is 4.90 Å². The highest BCUT2D eigenvalue weighted by atomic mass is 16.2. The maximum atomic E-state index is 12.7. The summed E-state index contributed by atoms with van der Waals surface area (Å²) < 4.78 is 1.73. The van der Waals surface area contributed by atoms with Gasteiger partial charge in [-0.25, -0.2) is 0 Å². The van der Waals surface area contributed by atoms with Crippen molar-refractivity contribution in [2.24, 2.45) is 7.05 Å². The van der Waals surface area contributed by atoms with Crippen molar-refractivity contribution in [1.82, 2.24) is 14.7 Å². The number of amides is 1. The van der Waals surface area contributed by atoms with Crippen molar-refractivity contribution in [1.29, 1.82) is 0 Å². The molecule has 104 valence electrons. The quantitative estimate of drug-likeness (QED) is 0.832. The molecule has 5 heteroatoms. The van der Waals surface area contributed by atoms with E-state index in [-0.39, 0.29) is 17.7 Å². The highest BCUT2D eigenvalue weighted by Gasteiger charge is 2.32. The van der Waals surface area contributed by atoms with E-state index in [1.807, 2.05) is 25.8 Å². The van der Waals surface area contributed by atoms with Crippen molar-refractivity contribution < 1.29 is 9.59 Å². The van der Waals surface area contributed by atoms with Gasteiger partial charge in [0.1, 0.15) is 5.78 Å². The van der Waals surface area contributed by atoms with Gasteiger partial charge >= 0.3 is 0 Å². The van der Waals surface area contributed by atoms with Gasteiger partial charge in [-0.15, -0.1) is 0 Å². The molecule has 2 rings (SSSR count). The Labute approximate surface area is 113 Å². The maximum absolute atomic E-state index is 12.7. The Hall–Kier alpha value is -1.65. The van der Waals surface area contributed by atoms with Crippen molar-refractivity contribution in [2.45, 2.75) is 46.1 Å². The van der Waals surface area contributed by atoms with Crippen LogP contribution in [-0.4, -0.2) is 39.0 Å². The fourth-order valence-corrected chi connectivity index (χ4v) is 2.87. The third kappa shape index (κ3) is 2.55. The predicted octanol–water partition coefficient (Wildman–Crippen LogP) is 1.62. The highest BCUT2D eigenvalue weighted by Crippen LogP contribution is 2.25. The molecule has 1 unspecified atom stereocenters. The number of likely N-dealkylation sites (tertiary alicyclic amines) is 1. The molecule has 0 aliphatic carbocycles. The van der Waals surface area contributed by atoms with Gasteiger partial charge in [0.2, 0.25) is 0 Å². The van der Waals surface area contributed by atoms with Crippen LogP contribution in [0.1, 0.15) is 47.9 Å². The van der Waals surface area contributed by atoms with Gasteiger partial charge in [0.05, 0.1) is 11.3 Å². The van der Waals surface area contributed by atoms with Gasteiger partial charge in [0, 0.05) is 31.7 Å². The largest absolute Gasteiger partial charge is 0.335 e. The SMILES string of the molecule is CC(=O)CC1CCCN1C(=O)c1c(C)nn(C)c1C. The van der Waals surface area contributed by atoms with Gasteiger partial charge in [-0.3, -0.25) is 14.3 Å². The first kappa shape index (κ1) is 13.8. The van der Waals surface area contributed by atoms with E-state index < -0.39 is 0 Å². The number of carbonyl (C=O) groups is 2. The van der Waals surface area contributed by atoms with Crippen molar-refractivity contribution in [3.8, 4) is 0 Å². The highest BCUT2D eigenvalue weighted by molar-refractivity contribution is 5.97. The molecule has 1 aromatic heterocycles. The van der Waals surface area contributed by atoms with E-state index in [1.54, 1.807) is 11.6 Å². The number of hydrogen-bond donors (Lipinski definition) is 0. The first-order valence-corrected chi connectivity index (χ1v) is 6.72. The number of aromatic nitrogens is 2. The fraction of sp³-hybridized carbons (Fsp3) is 0.643. The molecule has 0 aromatic carbocycles. The number of ketones is 1. The normalized spacial score (nSPS) is 18.9. The smallest absolute Gasteiger partial charge is 0.257 e. The van der Waals surface area contributed by atoms with E-state index in [0.29, 0.717) is 12.0 Å². The Morgan fingerprint density at radius 1 is 1.37 bits per heavy atom. The second-order valence-electron chi connectivity index (χ2n) is 5.37. The number of rotatable bonds is 3. The standard InChI is InChI=1S/C14H21N3O2/c1-9(18)8-12-6-5-7-17(12)14(19)13-10(2)15-16(4)11(13)3/h12H,5-8H2,1-4H3. The first-order chi connectivity index (χ1) is 8.91. The molecule has 1 aromatic rings. The van der Waals surface area contributed by atoms with Crippen molar-refractivity contribution in [3.63, 3.8) is 0 Å². The summed E-state index contributed by atoms with van der Waals surface area (Å²) in [5.41, 5.74) is 2.34. The molecular formula is C14H21N3O2. The van der Waals surface area contributed by atoms with Gasteiger partial charge in [-0.05, 0) is 33.6 Å². The van der Waals surface area contributed by atoms with Crippen molar-refractivity contribution in [2.75, 3.05) is 6.54 Å². The molecular weight excluding hydrogens is 242 g/mol. The predicted molar refractivity (Wildman–Crippen MR) is 72.0 cm³/mol. The van der Waals surface area contributed by atoms with E-state index in [4.69, 9.17) is 0 Å². The van der Waals surface area contributed by atoms with Crippen LogP contribution in [-0.2, 0) is 11.8 Å². The lowest BCUT2D eigenvalue weighted by Crippen LogP contribution is -2.37. The van der Waals surface area contributed by atoms with Gasteiger partial charge in [-0.1, -0.05) is 0 Å². The molecule has 1 aliphatic rings. The van der Waals surface area contributed by atoms with Gasteiger partial charge in [-0.2, -0.15) is 5.10 Å². The number of hydrogen-bond acceptors (Lipinski definition) is 3. The Morgan fingerprint density at radius 2 is 2.05 bits per heavy atom. The van der Waals surface area contributed by atoms with Gasteiger partial charge in [0.15, 0.2) is 0 Å². The molecule has 2 heterocycles. The molecule has 0 spiro atoms. The number of nitrogens with zero attached hydrogens (tertiary/aromatic N) is 3. The first-order valence-electron chi connectivity index (χ1n) is 6.72. The molecule has 1 saturated heterocycles. The Bertz CT molecular complexity index is 519. The summed E-state index contributed by atoms with van der Waals surface area (Å²) in [5.74, 6) is 0.163. The third-order valence-corrected chi connectivity index (χ3v) is 3.88. The minimum absolute atomic E-state index is 0.0202. The summed E-state index contributed by atoms with van der Waals surface area (Å²) >= 11 is 0. The van der Waals surface area contributed by atoms with Crippen molar-refractivity contribution >= 4 is 11.7 Å². The summed E-state index contributed by atoms with van der Waals surface area (Å²) in [6.07, 6.45) is 2.36. The van der Waals surface area contributed by atoms with Crippen LogP contribution in [0.2, 0.25) is 0 Å². The second-order valence-corrected chi connectivity index (χ2v) is 5.37. The van der Waals surface area contributed by atoms with Crippen LogP contribution in [0.4, 0.5) is 0 Å². The molecule has 0 bridgehead atoms. The van der Waals surface area contributed by atoms with Gasteiger partial charge in [0.25, 0.3) is 5.91 Å². The zero-order valence-corrected chi connectivity index (χ0v) is 12.1. The van der Waals surface area contributed by atoms with E-state index in [0.717, 1.165) is 30.8 Å². The van der Waals surface area contributed by atoms with E-state index >= 15 is 0 Å². The summed E-state index contributed by atoms with van der Waals surface area (Å²) in [6.45, 7) is 6.09. The lowest BCUT2D eigenvalue weighted by Gasteiger charge is -2.24. The molecule has 0 saturated carbocycles. The number of aryl methyl sites for hydroxylation is 2. The molecule has 19 heavy (non-hydrogen) atoms. The third-order valence-electron chi connectivity index (χ3n) is 3.88. The summed E-state index contributed by atoms with van der Waals surface area (Å²) in [7, 11) is 1.84. The fourth-order valence-electron chi connectivity index (χ4n) is 2.87. The maximum Gasteiger partial charge on any atom is 0.257 e. The van der Waals surface area contributed by atoms with Crippen LogP contribution in [0, 0.1) is 13.8 Å². The molecule has 5 nitrogen and oxygen atoms in total. The van der Waals surface area contributed by atoms with Crippen LogP contribution in [0.3, 0.4) is 0 Å². The lowest BCUT2D eigenvalue weighted by molar-refractivity contribution is -0.117. The van der Waals surface area contributed by atoms with Crippen LogP contribution in [0.5, 0.6) is 0 Å². The molecule has 1 atom stereocenters. The lowest BCUT2D eigenvalue weighted by atomic mass is 10.1. The summed E-state index contributed by atoms with van der Waals surface area (Å²) in [6, 6.07) is 0.0593. The zero-order chi connectivity index (χ0) is 14.2. The van der Waals surface area contributed by atoms with Crippen LogP contribution in [0.25, 0.3) is 0 Å². The molecule has 1 fully saturated rings. The summed E-state index contributed by atoms with van der Waals surface area (Å²) in [5, 5.41) is 4.29. The van der Waals surface area contributed by atoms with Crippen LogP contribution >= 0.6 is 0 Å². The monoisotopic (exact) mass is 263 g/mol.